The second-order valence-corrected chi connectivity index (χ2v) is 4.63. The molecule has 2 aliphatic carbocycles. The van der Waals surface area contributed by atoms with Gasteiger partial charge in [0.1, 0.15) is 0 Å². The maximum atomic E-state index is 12.0. The first-order valence-electron chi connectivity index (χ1n) is 5.78. The molecule has 1 heterocycles. The van der Waals surface area contributed by atoms with Gasteiger partial charge in [-0.15, -0.1) is 0 Å². The zero-order valence-corrected chi connectivity index (χ0v) is 8.78. The number of pyridine rings is 1. The number of nitrogens with zero attached hydrogens (tertiary/aromatic N) is 1. The third-order valence-electron chi connectivity index (χ3n) is 3.15. The van der Waals surface area contributed by atoms with Gasteiger partial charge in [0.05, 0.1) is 0 Å². The van der Waals surface area contributed by atoms with Crippen LogP contribution in [0.5, 0.6) is 0 Å². The van der Waals surface area contributed by atoms with Crippen LogP contribution in [-0.2, 0) is 6.54 Å². The van der Waals surface area contributed by atoms with Crippen LogP contribution < -0.4 is 10.9 Å². The summed E-state index contributed by atoms with van der Waals surface area (Å²) < 4.78 is 1.89. The molecular formula is C12H16N2O. The molecule has 0 amide bonds. The fourth-order valence-electron chi connectivity index (χ4n) is 1.87. The van der Waals surface area contributed by atoms with Crippen molar-refractivity contribution in [1.82, 2.24) is 9.88 Å². The minimum absolute atomic E-state index is 0.202. The Kier molecular flexibility index (Phi) is 2.13. The molecule has 0 aromatic carbocycles. The third kappa shape index (κ3) is 1.97. The summed E-state index contributed by atoms with van der Waals surface area (Å²) in [6.45, 7) is 0.733. The fraction of sp³-hybridized carbons (Fsp3) is 0.583. The highest BCUT2D eigenvalue weighted by Crippen LogP contribution is 2.33. The number of aromatic nitrogens is 1. The monoisotopic (exact) mass is 204 g/mol. The van der Waals surface area contributed by atoms with Crippen LogP contribution in [0.25, 0.3) is 0 Å². The van der Waals surface area contributed by atoms with Crippen LogP contribution in [0.15, 0.2) is 23.1 Å². The second-order valence-electron chi connectivity index (χ2n) is 4.63. The normalized spacial score (nSPS) is 20.5. The lowest BCUT2D eigenvalue weighted by Gasteiger charge is -2.06. The van der Waals surface area contributed by atoms with E-state index < -0.39 is 0 Å². The smallest absolute Gasteiger partial charge is 0.255 e. The van der Waals surface area contributed by atoms with E-state index in [1.54, 1.807) is 0 Å². The maximum Gasteiger partial charge on any atom is 0.255 e. The van der Waals surface area contributed by atoms with Gasteiger partial charge in [-0.25, -0.2) is 0 Å². The van der Waals surface area contributed by atoms with E-state index in [-0.39, 0.29) is 5.56 Å². The summed E-state index contributed by atoms with van der Waals surface area (Å²) in [6, 6.07) is 5.08. The van der Waals surface area contributed by atoms with Gasteiger partial charge >= 0.3 is 0 Å². The van der Waals surface area contributed by atoms with Crippen molar-refractivity contribution in [3.8, 4) is 0 Å². The summed E-state index contributed by atoms with van der Waals surface area (Å²) in [5.41, 5.74) is 1.12. The largest absolute Gasteiger partial charge is 0.312 e. The average Bonchev–Trinajstić information content (AvgIpc) is 3.10. The summed E-state index contributed by atoms with van der Waals surface area (Å²) in [4.78, 5) is 12.0. The highest BCUT2D eigenvalue weighted by molar-refractivity contribution is 5.12. The molecule has 0 saturated heterocycles. The van der Waals surface area contributed by atoms with Crippen LogP contribution >= 0.6 is 0 Å². The van der Waals surface area contributed by atoms with Crippen molar-refractivity contribution in [1.29, 1.82) is 0 Å². The second kappa shape index (κ2) is 3.49. The van der Waals surface area contributed by atoms with Crippen LogP contribution in [0.3, 0.4) is 0 Å². The molecule has 2 saturated carbocycles. The van der Waals surface area contributed by atoms with Crippen LogP contribution in [-0.4, -0.2) is 10.6 Å². The minimum atomic E-state index is 0.202. The van der Waals surface area contributed by atoms with Gasteiger partial charge in [-0.2, -0.15) is 0 Å². The van der Waals surface area contributed by atoms with E-state index in [1.807, 2.05) is 22.9 Å². The Bertz CT molecular complexity index is 416. The number of rotatable bonds is 4. The van der Waals surface area contributed by atoms with E-state index in [1.165, 1.54) is 25.7 Å². The lowest BCUT2D eigenvalue weighted by molar-refractivity contribution is 0.651. The quantitative estimate of drug-likeness (QED) is 0.805. The van der Waals surface area contributed by atoms with Crippen molar-refractivity contribution in [2.45, 2.75) is 44.3 Å². The van der Waals surface area contributed by atoms with Crippen molar-refractivity contribution in [3.63, 3.8) is 0 Å². The molecule has 2 aliphatic rings. The predicted molar refractivity (Wildman–Crippen MR) is 58.8 cm³/mol. The molecule has 1 aromatic rings. The zero-order valence-electron chi connectivity index (χ0n) is 8.78. The lowest BCUT2D eigenvalue weighted by Crippen LogP contribution is -2.27. The van der Waals surface area contributed by atoms with Gasteiger partial charge in [0.2, 0.25) is 0 Å². The van der Waals surface area contributed by atoms with E-state index in [0.717, 1.165) is 12.1 Å². The molecule has 2 fully saturated rings. The molecule has 3 rings (SSSR count). The summed E-state index contributed by atoms with van der Waals surface area (Å²) in [6.07, 6.45) is 6.78. The van der Waals surface area contributed by atoms with E-state index in [9.17, 15) is 4.79 Å². The summed E-state index contributed by atoms with van der Waals surface area (Å²) in [7, 11) is 0. The van der Waals surface area contributed by atoms with Gasteiger partial charge < -0.3 is 9.88 Å². The van der Waals surface area contributed by atoms with Crippen LogP contribution in [0.2, 0.25) is 0 Å². The van der Waals surface area contributed by atoms with Crippen molar-refractivity contribution in [2.24, 2.45) is 0 Å². The highest BCUT2D eigenvalue weighted by atomic mass is 16.1. The zero-order chi connectivity index (χ0) is 10.3. The molecule has 0 bridgehead atoms. The molecule has 0 spiro atoms. The van der Waals surface area contributed by atoms with E-state index in [2.05, 4.69) is 5.32 Å². The Morgan fingerprint density at radius 3 is 2.80 bits per heavy atom. The van der Waals surface area contributed by atoms with Gasteiger partial charge in [-0.3, -0.25) is 4.79 Å². The van der Waals surface area contributed by atoms with Crippen LogP contribution in [0.4, 0.5) is 0 Å². The van der Waals surface area contributed by atoms with Crippen molar-refractivity contribution in [2.75, 3.05) is 0 Å². The summed E-state index contributed by atoms with van der Waals surface area (Å²) in [5.74, 6) is 0. The number of hydrogen-bond donors (Lipinski definition) is 1. The Morgan fingerprint density at radius 1 is 1.33 bits per heavy atom. The fourth-order valence-corrected chi connectivity index (χ4v) is 1.87. The molecule has 1 N–H and O–H groups in total. The first-order valence-corrected chi connectivity index (χ1v) is 5.78. The van der Waals surface area contributed by atoms with E-state index in [4.69, 9.17) is 0 Å². The molecule has 15 heavy (non-hydrogen) atoms. The Labute approximate surface area is 89.1 Å². The van der Waals surface area contributed by atoms with E-state index >= 15 is 0 Å². The maximum absolute atomic E-state index is 12.0. The van der Waals surface area contributed by atoms with Crippen LogP contribution in [0, 0.1) is 0 Å². The van der Waals surface area contributed by atoms with Gasteiger partial charge in [0.15, 0.2) is 0 Å². The average molecular weight is 204 g/mol. The molecule has 0 unspecified atom stereocenters. The predicted octanol–water partition coefficient (Wildman–Crippen LogP) is 1.44. The first-order chi connectivity index (χ1) is 7.34. The Balaban J connectivity index is 1.79. The van der Waals surface area contributed by atoms with Gasteiger partial charge in [-0.1, -0.05) is 6.07 Å². The molecule has 3 heteroatoms. The first kappa shape index (κ1) is 9.16. The van der Waals surface area contributed by atoms with Gasteiger partial charge in [-0.05, 0) is 31.7 Å². The number of hydrogen-bond acceptors (Lipinski definition) is 2. The van der Waals surface area contributed by atoms with Crippen molar-refractivity contribution in [3.05, 3.63) is 34.2 Å². The summed E-state index contributed by atoms with van der Waals surface area (Å²) >= 11 is 0. The van der Waals surface area contributed by atoms with Crippen molar-refractivity contribution >= 4 is 0 Å². The molecule has 1 aromatic heterocycles. The SMILES string of the molecule is O=c1c(CNC2CC2)cccn1C1CC1. The van der Waals surface area contributed by atoms with Gasteiger partial charge in [0, 0.05) is 30.4 Å². The third-order valence-corrected chi connectivity index (χ3v) is 3.15. The molecule has 0 aliphatic heterocycles. The van der Waals surface area contributed by atoms with Crippen LogP contribution in [0.1, 0.15) is 37.3 Å². The lowest BCUT2D eigenvalue weighted by atomic mass is 10.2. The highest BCUT2D eigenvalue weighted by Gasteiger charge is 2.25. The number of nitrogens with one attached hydrogen (secondary N) is 1. The van der Waals surface area contributed by atoms with Crippen molar-refractivity contribution < 1.29 is 0 Å². The molecular weight excluding hydrogens is 188 g/mol. The molecule has 0 radical (unpaired) electrons. The molecule has 80 valence electrons. The van der Waals surface area contributed by atoms with E-state index in [0.29, 0.717) is 12.1 Å². The Morgan fingerprint density at radius 2 is 2.13 bits per heavy atom. The topological polar surface area (TPSA) is 34.0 Å². The molecule has 0 atom stereocenters. The molecule has 3 nitrogen and oxygen atoms in total. The summed E-state index contributed by atoms with van der Waals surface area (Å²) in [5, 5.41) is 3.39. The Hall–Kier alpha value is -1.09. The minimum Gasteiger partial charge on any atom is -0.312 e. The standard InChI is InChI=1S/C12H16N2O/c15-12-9(8-13-10-3-4-10)2-1-7-14(12)11-5-6-11/h1-2,7,10-11,13H,3-6,8H2. The van der Waals surface area contributed by atoms with Gasteiger partial charge in [0.25, 0.3) is 5.56 Å².